The molecular weight excluding hydrogens is 356 g/mol. The summed E-state index contributed by atoms with van der Waals surface area (Å²) in [5.74, 6) is 0.597. The first-order valence-corrected chi connectivity index (χ1v) is 9.71. The highest BCUT2D eigenvalue weighted by molar-refractivity contribution is 7.89. The average Bonchev–Trinajstić information content (AvgIpc) is 3.36. The summed E-state index contributed by atoms with van der Waals surface area (Å²) in [6, 6.07) is 12.5. The van der Waals surface area contributed by atoms with Crippen molar-refractivity contribution in [1.29, 1.82) is 0 Å². The molecule has 1 saturated carbocycles. The lowest BCUT2D eigenvalue weighted by Gasteiger charge is -2.20. The number of nitrogens with one attached hydrogen (secondary N) is 1. The van der Waals surface area contributed by atoms with Gasteiger partial charge in [-0.05, 0) is 29.9 Å². The first-order valence-electron chi connectivity index (χ1n) is 8.23. The number of nitro groups is 1. The second kappa shape index (κ2) is 7.05. The Morgan fingerprint density at radius 3 is 2.42 bits per heavy atom. The van der Waals surface area contributed by atoms with Crippen LogP contribution >= 0.6 is 0 Å². The van der Waals surface area contributed by atoms with Crippen LogP contribution in [0.25, 0.3) is 0 Å². The van der Waals surface area contributed by atoms with E-state index in [1.807, 2.05) is 30.3 Å². The minimum Gasteiger partial charge on any atom is -0.495 e. The van der Waals surface area contributed by atoms with Gasteiger partial charge in [-0.25, -0.2) is 13.1 Å². The van der Waals surface area contributed by atoms with Crippen molar-refractivity contribution < 1.29 is 18.1 Å². The zero-order valence-electron chi connectivity index (χ0n) is 14.5. The highest BCUT2D eigenvalue weighted by Gasteiger charge is 2.42. The van der Waals surface area contributed by atoms with Gasteiger partial charge in [-0.1, -0.05) is 37.3 Å². The Morgan fingerprint density at radius 2 is 1.88 bits per heavy atom. The fourth-order valence-electron chi connectivity index (χ4n) is 3.10. The Hall–Kier alpha value is -2.45. The molecule has 1 N–H and O–H groups in total. The van der Waals surface area contributed by atoms with E-state index >= 15 is 0 Å². The van der Waals surface area contributed by atoms with Gasteiger partial charge >= 0.3 is 0 Å². The molecule has 1 aliphatic carbocycles. The monoisotopic (exact) mass is 376 g/mol. The minimum absolute atomic E-state index is 0.0534. The number of ether oxygens (including phenoxy) is 1. The average molecular weight is 376 g/mol. The van der Waals surface area contributed by atoms with Crippen LogP contribution in [0.1, 0.15) is 24.9 Å². The summed E-state index contributed by atoms with van der Waals surface area (Å²) in [7, 11) is -2.63. The van der Waals surface area contributed by atoms with Crippen molar-refractivity contribution >= 4 is 15.7 Å². The molecule has 0 aromatic heterocycles. The van der Waals surface area contributed by atoms with Crippen molar-refractivity contribution in [3.63, 3.8) is 0 Å². The third kappa shape index (κ3) is 3.71. The molecule has 0 aliphatic heterocycles. The van der Waals surface area contributed by atoms with Crippen LogP contribution in [0.5, 0.6) is 5.75 Å². The molecule has 7 nitrogen and oxygen atoms in total. The maximum Gasteiger partial charge on any atom is 0.273 e. The third-order valence-electron chi connectivity index (χ3n) is 4.69. The van der Waals surface area contributed by atoms with Crippen molar-refractivity contribution in [1.82, 2.24) is 4.72 Å². The summed E-state index contributed by atoms with van der Waals surface area (Å²) < 4.78 is 33.8. The van der Waals surface area contributed by atoms with Crippen LogP contribution < -0.4 is 9.46 Å². The summed E-state index contributed by atoms with van der Waals surface area (Å²) in [6.45, 7) is 2.08. The summed E-state index contributed by atoms with van der Waals surface area (Å²) in [5, 5.41) is 10.9. The van der Waals surface area contributed by atoms with Crippen LogP contribution in [0.15, 0.2) is 53.4 Å². The van der Waals surface area contributed by atoms with E-state index in [9.17, 15) is 18.5 Å². The van der Waals surface area contributed by atoms with Gasteiger partial charge in [0, 0.05) is 6.07 Å². The molecule has 8 heteroatoms. The maximum atomic E-state index is 13.0. The number of hydrogen-bond donors (Lipinski definition) is 1. The van der Waals surface area contributed by atoms with E-state index in [2.05, 4.69) is 11.6 Å². The van der Waals surface area contributed by atoms with Gasteiger partial charge in [-0.2, -0.15) is 0 Å². The highest BCUT2D eigenvalue weighted by atomic mass is 32.2. The lowest BCUT2D eigenvalue weighted by molar-refractivity contribution is -0.385. The Bertz CT molecular complexity index is 914. The van der Waals surface area contributed by atoms with Crippen LogP contribution in [0, 0.1) is 22.0 Å². The Morgan fingerprint density at radius 1 is 1.23 bits per heavy atom. The molecule has 138 valence electrons. The van der Waals surface area contributed by atoms with Crippen LogP contribution in [0.3, 0.4) is 0 Å². The standard InChI is InChI=1S/C18H20N2O5S/c1-12-10-15(12)18(13-6-4-3-5-7-13)19-26(23,24)17-9-8-14(20(21)22)11-16(17)25-2/h3-9,11-12,15,18-19H,10H2,1-2H3. The van der Waals surface area contributed by atoms with E-state index in [0.29, 0.717) is 5.92 Å². The molecule has 0 heterocycles. The first kappa shape index (κ1) is 18.3. The van der Waals surface area contributed by atoms with Crippen molar-refractivity contribution in [2.45, 2.75) is 24.3 Å². The van der Waals surface area contributed by atoms with Gasteiger partial charge in [0.05, 0.1) is 24.1 Å². The number of rotatable bonds is 7. The molecule has 3 atom stereocenters. The molecular formula is C18H20N2O5S. The van der Waals surface area contributed by atoms with E-state index in [0.717, 1.165) is 24.1 Å². The quantitative estimate of drug-likeness (QED) is 0.591. The number of methoxy groups -OCH3 is 1. The normalized spacial score (nSPS) is 20.4. The summed E-state index contributed by atoms with van der Waals surface area (Å²) in [5.41, 5.74) is 0.669. The summed E-state index contributed by atoms with van der Waals surface area (Å²) >= 11 is 0. The topological polar surface area (TPSA) is 98.5 Å². The Balaban J connectivity index is 1.95. The van der Waals surface area contributed by atoms with Gasteiger partial charge in [0.15, 0.2) is 0 Å². The number of non-ortho nitro benzene ring substituents is 1. The molecule has 0 bridgehead atoms. The van der Waals surface area contributed by atoms with Crippen molar-refractivity contribution in [2.75, 3.05) is 7.11 Å². The molecule has 1 fully saturated rings. The predicted molar refractivity (Wildman–Crippen MR) is 96.4 cm³/mol. The van der Waals surface area contributed by atoms with Gasteiger partial charge in [0.25, 0.3) is 5.69 Å². The lowest BCUT2D eigenvalue weighted by atomic mass is 10.0. The zero-order valence-corrected chi connectivity index (χ0v) is 15.3. The number of nitrogens with zero attached hydrogens (tertiary/aromatic N) is 1. The zero-order chi connectivity index (χ0) is 18.9. The van der Waals surface area contributed by atoms with Crippen molar-refractivity contribution in [3.05, 3.63) is 64.2 Å². The number of hydrogen-bond acceptors (Lipinski definition) is 5. The van der Waals surface area contributed by atoms with Crippen LogP contribution in [0.2, 0.25) is 0 Å². The second-order valence-corrected chi connectivity index (χ2v) is 8.16. The molecule has 1 aliphatic rings. The van der Waals surface area contributed by atoms with Crippen LogP contribution in [0.4, 0.5) is 5.69 Å². The van der Waals surface area contributed by atoms with E-state index in [1.54, 1.807) is 0 Å². The molecule has 2 aromatic rings. The summed E-state index contributed by atoms with van der Waals surface area (Å²) in [4.78, 5) is 10.2. The van der Waals surface area contributed by atoms with Gasteiger partial charge in [0.2, 0.25) is 10.0 Å². The third-order valence-corrected chi connectivity index (χ3v) is 6.17. The van der Waals surface area contributed by atoms with Crippen LogP contribution in [-0.4, -0.2) is 20.5 Å². The number of nitro benzene ring substituents is 1. The van der Waals surface area contributed by atoms with Crippen LogP contribution in [-0.2, 0) is 10.0 Å². The van der Waals surface area contributed by atoms with E-state index in [-0.39, 0.29) is 28.3 Å². The van der Waals surface area contributed by atoms with E-state index in [1.165, 1.54) is 13.2 Å². The fourth-order valence-corrected chi connectivity index (χ4v) is 4.53. The number of benzene rings is 2. The molecule has 0 radical (unpaired) electrons. The first-order chi connectivity index (χ1) is 12.3. The van der Waals surface area contributed by atoms with Crippen molar-refractivity contribution in [3.8, 4) is 5.75 Å². The smallest absolute Gasteiger partial charge is 0.273 e. The minimum atomic E-state index is -3.92. The molecule has 0 saturated heterocycles. The molecule has 0 spiro atoms. The van der Waals surface area contributed by atoms with Gasteiger partial charge in [-0.3, -0.25) is 10.1 Å². The van der Waals surface area contributed by atoms with Crippen molar-refractivity contribution in [2.24, 2.45) is 11.8 Å². The molecule has 0 amide bonds. The SMILES string of the molecule is COc1cc([N+](=O)[O-])ccc1S(=O)(=O)NC(c1ccccc1)C1CC1C. The Labute approximate surface area is 152 Å². The predicted octanol–water partition coefficient (Wildman–Crippen LogP) is 3.28. The largest absolute Gasteiger partial charge is 0.495 e. The number of sulfonamides is 1. The molecule has 3 rings (SSSR count). The molecule has 3 unspecified atom stereocenters. The second-order valence-electron chi connectivity index (χ2n) is 6.48. The van der Waals surface area contributed by atoms with E-state index in [4.69, 9.17) is 4.74 Å². The molecule has 26 heavy (non-hydrogen) atoms. The van der Waals surface area contributed by atoms with Gasteiger partial charge in [0.1, 0.15) is 10.6 Å². The van der Waals surface area contributed by atoms with Gasteiger partial charge < -0.3 is 4.74 Å². The maximum absolute atomic E-state index is 13.0. The lowest BCUT2D eigenvalue weighted by Crippen LogP contribution is -2.30. The fraction of sp³-hybridized carbons (Fsp3) is 0.333. The van der Waals surface area contributed by atoms with E-state index < -0.39 is 14.9 Å². The Kier molecular flexibility index (Phi) is 4.97. The molecule has 2 aromatic carbocycles. The summed E-state index contributed by atoms with van der Waals surface area (Å²) in [6.07, 6.45) is 0.944. The highest BCUT2D eigenvalue weighted by Crippen LogP contribution is 2.47. The van der Waals surface area contributed by atoms with Gasteiger partial charge in [-0.15, -0.1) is 0 Å².